The van der Waals surface area contributed by atoms with Crippen LogP contribution in [0.5, 0.6) is 0 Å². The van der Waals surface area contributed by atoms with Crippen LogP contribution in [0.4, 0.5) is 22.0 Å². The summed E-state index contributed by atoms with van der Waals surface area (Å²) in [5.41, 5.74) is -0.939. The molecule has 94 valence electrons. The molecular weight excluding hydrogens is 233 g/mol. The Bertz CT molecular complexity index is 280. The quantitative estimate of drug-likeness (QED) is 0.744. The van der Waals surface area contributed by atoms with E-state index in [1.807, 2.05) is 0 Å². The maximum absolute atomic E-state index is 12.6. The Kier molecular flexibility index (Phi) is 3.17. The van der Waals surface area contributed by atoms with E-state index >= 15 is 0 Å². The molecule has 1 aliphatic rings. The van der Waals surface area contributed by atoms with Crippen LogP contribution >= 0.6 is 0 Å². The molecular formula is C9H12F5NO. The minimum Gasteiger partial charge on any atom is -0.345 e. The molecule has 0 aliphatic heterocycles. The molecule has 0 bridgehead atoms. The Balaban J connectivity index is 2.72. The Morgan fingerprint density at radius 3 is 1.94 bits per heavy atom. The third kappa shape index (κ3) is 2.44. The lowest BCUT2D eigenvalue weighted by molar-refractivity contribution is -0.270. The summed E-state index contributed by atoms with van der Waals surface area (Å²) in [5.74, 6) is -7.58. The average molecular weight is 245 g/mol. The highest BCUT2D eigenvalue weighted by atomic mass is 19.4. The van der Waals surface area contributed by atoms with Crippen LogP contribution in [-0.4, -0.2) is 23.5 Å². The summed E-state index contributed by atoms with van der Waals surface area (Å²) < 4.78 is 60.8. The number of carbonyl (C=O) groups is 1. The summed E-state index contributed by atoms with van der Waals surface area (Å²) in [6.45, 7) is 1.48. The second-order valence-electron chi connectivity index (χ2n) is 4.29. The topological polar surface area (TPSA) is 29.1 Å². The van der Waals surface area contributed by atoms with Crippen molar-refractivity contribution >= 4 is 5.91 Å². The van der Waals surface area contributed by atoms with Gasteiger partial charge in [0.05, 0.1) is 0 Å². The molecule has 0 saturated heterocycles. The van der Waals surface area contributed by atoms with Gasteiger partial charge in [0.1, 0.15) is 0 Å². The third-order valence-corrected chi connectivity index (χ3v) is 2.76. The first-order valence-corrected chi connectivity index (χ1v) is 4.86. The van der Waals surface area contributed by atoms with Crippen LogP contribution in [0.2, 0.25) is 0 Å². The number of carbonyl (C=O) groups excluding carboxylic acids is 1. The molecule has 2 nitrogen and oxygen atoms in total. The first-order chi connectivity index (χ1) is 7.08. The molecule has 7 heteroatoms. The Morgan fingerprint density at radius 2 is 1.56 bits per heavy atom. The molecule has 1 rings (SSSR count). The van der Waals surface area contributed by atoms with Gasteiger partial charge in [0, 0.05) is 5.54 Å². The summed E-state index contributed by atoms with van der Waals surface area (Å²) in [6.07, 6.45) is -3.56. The van der Waals surface area contributed by atoms with Crippen LogP contribution in [0.3, 0.4) is 0 Å². The van der Waals surface area contributed by atoms with Crippen molar-refractivity contribution in [1.29, 1.82) is 0 Å². The van der Waals surface area contributed by atoms with Crippen LogP contribution in [-0.2, 0) is 4.79 Å². The second kappa shape index (κ2) is 3.85. The molecule has 0 heterocycles. The smallest absolute Gasteiger partial charge is 0.345 e. The summed E-state index contributed by atoms with van der Waals surface area (Å²) in [5, 5.41) is 1.79. The van der Waals surface area contributed by atoms with Gasteiger partial charge < -0.3 is 5.32 Å². The maximum atomic E-state index is 12.6. The van der Waals surface area contributed by atoms with E-state index in [9.17, 15) is 26.7 Å². The Hall–Kier alpha value is -0.880. The van der Waals surface area contributed by atoms with Crippen LogP contribution in [0.15, 0.2) is 0 Å². The Labute approximate surface area is 89.2 Å². The SMILES string of the molecule is CC1(NC(=O)C(F)(F)C(F)(F)F)CCCC1. The fraction of sp³-hybridized carbons (Fsp3) is 0.889. The lowest BCUT2D eigenvalue weighted by Gasteiger charge is -2.28. The normalized spacial score (nSPS) is 20.9. The lowest BCUT2D eigenvalue weighted by atomic mass is 10.0. The van der Waals surface area contributed by atoms with E-state index in [1.54, 1.807) is 5.32 Å². The maximum Gasteiger partial charge on any atom is 0.463 e. The van der Waals surface area contributed by atoms with E-state index in [-0.39, 0.29) is 0 Å². The molecule has 1 amide bonds. The molecule has 1 saturated carbocycles. The molecule has 16 heavy (non-hydrogen) atoms. The number of hydrogen-bond donors (Lipinski definition) is 1. The standard InChI is InChI=1S/C9H12F5NO/c1-7(4-2-3-5-7)15-6(16)8(10,11)9(12,13)14/h2-5H2,1H3,(H,15,16). The van der Waals surface area contributed by atoms with Gasteiger partial charge >= 0.3 is 18.0 Å². The van der Waals surface area contributed by atoms with Crippen LogP contribution in [0, 0.1) is 0 Å². The molecule has 1 N–H and O–H groups in total. The fourth-order valence-corrected chi connectivity index (χ4v) is 1.76. The number of nitrogens with one attached hydrogen (secondary N) is 1. The average Bonchev–Trinajstić information content (AvgIpc) is 2.49. The molecule has 0 aromatic rings. The van der Waals surface area contributed by atoms with Crippen molar-refractivity contribution in [2.75, 3.05) is 0 Å². The van der Waals surface area contributed by atoms with E-state index in [2.05, 4.69) is 0 Å². The number of rotatable bonds is 2. The summed E-state index contributed by atoms with van der Waals surface area (Å²) in [6, 6.07) is 0. The van der Waals surface area contributed by atoms with Crippen molar-refractivity contribution in [2.45, 2.75) is 50.2 Å². The van der Waals surface area contributed by atoms with E-state index in [4.69, 9.17) is 0 Å². The van der Waals surface area contributed by atoms with E-state index in [0.29, 0.717) is 25.7 Å². The van der Waals surface area contributed by atoms with Crippen molar-refractivity contribution in [1.82, 2.24) is 5.32 Å². The number of hydrogen-bond acceptors (Lipinski definition) is 1. The molecule has 0 aromatic carbocycles. The monoisotopic (exact) mass is 245 g/mol. The van der Waals surface area contributed by atoms with Crippen LogP contribution in [0.25, 0.3) is 0 Å². The van der Waals surface area contributed by atoms with Crippen molar-refractivity contribution in [3.63, 3.8) is 0 Å². The highest BCUT2D eigenvalue weighted by Crippen LogP contribution is 2.37. The van der Waals surface area contributed by atoms with Crippen LogP contribution < -0.4 is 5.32 Å². The van der Waals surface area contributed by atoms with Gasteiger partial charge in [-0.1, -0.05) is 12.8 Å². The minimum absolute atomic E-state index is 0.423. The first kappa shape index (κ1) is 13.2. The minimum atomic E-state index is -5.84. The number of amides is 1. The van der Waals surface area contributed by atoms with Crippen molar-refractivity contribution in [3.8, 4) is 0 Å². The van der Waals surface area contributed by atoms with Gasteiger partial charge in [-0.3, -0.25) is 4.79 Å². The van der Waals surface area contributed by atoms with Gasteiger partial charge in [-0.2, -0.15) is 22.0 Å². The zero-order valence-electron chi connectivity index (χ0n) is 8.63. The van der Waals surface area contributed by atoms with E-state index in [0.717, 1.165) is 0 Å². The van der Waals surface area contributed by atoms with Gasteiger partial charge in [-0.15, -0.1) is 0 Å². The Morgan fingerprint density at radius 1 is 1.12 bits per heavy atom. The van der Waals surface area contributed by atoms with Gasteiger partial charge in [0.2, 0.25) is 0 Å². The molecule has 1 aliphatic carbocycles. The van der Waals surface area contributed by atoms with Crippen molar-refractivity contribution < 1.29 is 26.7 Å². The molecule has 0 spiro atoms. The zero-order valence-corrected chi connectivity index (χ0v) is 8.63. The predicted octanol–water partition coefficient (Wildman–Crippen LogP) is 2.63. The highest BCUT2D eigenvalue weighted by molar-refractivity contribution is 5.85. The zero-order chi connectivity index (χ0) is 12.6. The molecule has 1 fully saturated rings. The van der Waals surface area contributed by atoms with Crippen molar-refractivity contribution in [3.05, 3.63) is 0 Å². The number of alkyl halides is 5. The highest BCUT2D eigenvalue weighted by Gasteiger charge is 2.64. The predicted molar refractivity (Wildman–Crippen MR) is 46.0 cm³/mol. The van der Waals surface area contributed by atoms with E-state index in [1.165, 1.54) is 6.92 Å². The third-order valence-electron chi connectivity index (χ3n) is 2.76. The summed E-state index contributed by atoms with van der Waals surface area (Å²) in [7, 11) is 0. The molecule has 0 unspecified atom stereocenters. The van der Waals surface area contributed by atoms with Gasteiger partial charge in [0.15, 0.2) is 0 Å². The molecule has 0 atom stereocenters. The summed E-state index contributed by atoms with van der Waals surface area (Å²) >= 11 is 0. The van der Waals surface area contributed by atoms with Crippen molar-refractivity contribution in [2.24, 2.45) is 0 Å². The summed E-state index contributed by atoms with van der Waals surface area (Å²) in [4.78, 5) is 10.9. The first-order valence-electron chi connectivity index (χ1n) is 4.86. The molecule has 0 radical (unpaired) electrons. The van der Waals surface area contributed by atoms with Gasteiger partial charge in [-0.25, -0.2) is 0 Å². The second-order valence-corrected chi connectivity index (χ2v) is 4.29. The lowest BCUT2D eigenvalue weighted by Crippen LogP contribution is -2.56. The van der Waals surface area contributed by atoms with Crippen LogP contribution in [0.1, 0.15) is 32.6 Å². The van der Waals surface area contributed by atoms with Gasteiger partial charge in [0.25, 0.3) is 0 Å². The molecule has 0 aromatic heterocycles. The van der Waals surface area contributed by atoms with E-state index < -0.39 is 23.5 Å². The number of halogens is 5. The van der Waals surface area contributed by atoms with Gasteiger partial charge in [-0.05, 0) is 19.8 Å². The fourth-order valence-electron chi connectivity index (χ4n) is 1.76. The largest absolute Gasteiger partial charge is 0.463 e.